The second-order valence-corrected chi connectivity index (χ2v) is 4.62. The van der Waals surface area contributed by atoms with Crippen LogP contribution in [0.2, 0.25) is 0 Å². The Bertz CT molecular complexity index is 347. The van der Waals surface area contributed by atoms with Crippen molar-refractivity contribution in [3.8, 4) is 0 Å². The first kappa shape index (κ1) is 17.2. The third-order valence-corrected chi connectivity index (χ3v) is 1.89. The monoisotopic (exact) mass is 277 g/mol. The molecule has 0 rings (SSSR count). The molecule has 0 radical (unpaired) electrons. The fraction of sp³-hybridized carbons (Fsp3) is 0.727. The number of methoxy groups -OCH3 is 2. The first-order valence-corrected chi connectivity index (χ1v) is 5.45. The van der Waals surface area contributed by atoms with Crippen LogP contribution in [0.3, 0.4) is 0 Å². The summed E-state index contributed by atoms with van der Waals surface area (Å²) in [5, 5.41) is 11.6. The van der Waals surface area contributed by atoms with Crippen molar-refractivity contribution in [1.29, 1.82) is 0 Å². The molecule has 0 aliphatic rings. The van der Waals surface area contributed by atoms with E-state index in [4.69, 9.17) is 4.74 Å². The molecule has 0 aromatic carbocycles. The van der Waals surface area contributed by atoms with Gasteiger partial charge in [-0.3, -0.25) is 0 Å². The molecular formula is C11H19NO7. The lowest BCUT2D eigenvalue weighted by Gasteiger charge is -2.24. The van der Waals surface area contributed by atoms with Gasteiger partial charge in [-0.2, -0.15) is 0 Å². The summed E-state index contributed by atoms with van der Waals surface area (Å²) in [5.74, 6) is -2.07. The van der Waals surface area contributed by atoms with Crippen LogP contribution in [0.15, 0.2) is 0 Å². The summed E-state index contributed by atoms with van der Waals surface area (Å²) in [6, 6.07) is -1.60. The van der Waals surface area contributed by atoms with E-state index >= 15 is 0 Å². The predicted molar refractivity (Wildman–Crippen MR) is 63.2 cm³/mol. The van der Waals surface area contributed by atoms with Crippen LogP contribution in [0.4, 0.5) is 4.79 Å². The van der Waals surface area contributed by atoms with Crippen LogP contribution in [-0.2, 0) is 23.8 Å². The van der Waals surface area contributed by atoms with E-state index in [0.29, 0.717) is 0 Å². The zero-order chi connectivity index (χ0) is 15.2. The van der Waals surface area contributed by atoms with Gasteiger partial charge in [0.25, 0.3) is 0 Å². The number of esters is 2. The quantitative estimate of drug-likeness (QED) is 0.530. The maximum absolute atomic E-state index is 11.5. The summed E-state index contributed by atoms with van der Waals surface area (Å²) >= 11 is 0. The molecule has 19 heavy (non-hydrogen) atoms. The Kier molecular flexibility index (Phi) is 6.26. The van der Waals surface area contributed by atoms with Crippen molar-refractivity contribution in [3.05, 3.63) is 0 Å². The Balaban J connectivity index is 4.84. The van der Waals surface area contributed by atoms with Gasteiger partial charge in [0.15, 0.2) is 12.1 Å². The molecule has 0 fully saturated rings. The van der Waals surface area contributed by atoms with E-state index in [1.807, 2.05) is 0 Å². The molecule has 0 saturated carbocycles. The lowest BCUT2D eigenvalue weighted by molar-refractivity contribution is -0.159. The minimum atomic E-state index is -1.88. The average Bonchev–Trinajstić information content (AvgIpc) is 2.30. The molecule has 0 spiro atoms. The maximum atomic E-state index is 11.5. The molecule has 0 aromatic rings. The van der Waals surface area contributed by atoms with E-state index < -0.39 is 35.8 Å². The van der Waals surface area contributed by atoms with E-state index in [2.05, 4.69) is 14.8 Å². The number of carbonyl (C=O) groups is 3. The summed E-state index contributed by atoms with van der Waals surface area (Å²) in [4.78, 5) is 34.1. The Morgan fingerprint density at radius 2 is 1.53 bits per heavy atom. The van der Waals surface area contributed by atoms with Crippen molar-refractivity contribution in [2.75, 3.05) is 14.2 Å². The maximum Gasteiger partial charge on any atom is 0.408 e. The van der Waals surface area contributed by atoms with Crippen molar-refractivity contribution in [2.45, 2.75) is 38.5 Å². The second kappa shape index (κ2) is 6.93. The largest absolute Gasteiger partial charge is 0.467 e. The molecule has 0 bridgehead atoms. The van der Waals surface area contributed by atoms with Gasteiger partial charge in [-0.1, -0.05) is 0 Å². The molecule has 0 aliphatic heterocycles. The highest BCUT2D eigenvalue weighted by molar-refractivity contribution is 5.89. The number of hydrogen-bond acceptors (Lipinski definition) is 7. The number of amides is 1. The van der Waals surface area contributed by atoms with Gasteiger partial charge in [-0.05, 0) is 20.8 Å². The molecule has 8 heteroatoms. The average molecular weight is 277 g/mol. The van der Waals surface area contributed by atoms with Crippen LogP contribution in [0.1, 0.15) is 20.8 Å². The number of alkyl carbamates (subject to hydrolysis) is 1. The normalized spacial score (nSPS) is 14.0. The summed E-state index contributed by atoms with van der Waals surface area (Å²) < 4.78 is 13.6. The van der Waals surface area contributed by atoms with Crippen LogP contribution < -0.4 is 5.32 Å². The third kappa shape index (κ3) is 6.05. The Hall–Kier alpha value is -1.83. The molecule has 0 aliphatic carbocycles. The van der Waals surface area contributed by atoms with E-state index in [1.165, 1.54) is 0 Å². The van der Waals surface area contributed by atoms with Gasteiger partial charge < -0.3 is 24.6 Å². The predicted octanol–water partition coefficient (Wildman–Crippen LogP) is -0.413. The van der Waals surface area contributed by atoms with Crippen LogP contribution in [-0.4, -0.2) is 55.1 Å². The number of carbonyl (C=O) groups excluding carboxylic acids is 3. The number of hydrogen-bond donors (Lipinski definition) is 2. The summed E-state index contributed by atoms with van der Waals surface area (Å²) in [7, 11) is 2.09. The van der Waals surface area contributed by atoms with Crippen molar-refractivity contribution < 1.29 is 33.7 Å². The molecule has 0 heterocycles. The molecule has 2 N–H and O–H groups in total. The molecule has 1 amide bonds. The summed E-state index contributed by atoms with van der Waals surface area (Å²) in [6.07, 6.45) is -2.85. The summed E-state index contributed by atoms with van der Waals surface area (Å²) in [5.41, 5.74) is -0.791. The molecular weight excluding hydrogens is 258 g/mol. The zero-order valence-corrected chi connectivity index (χ0v) is 11.6. The minimum Gasteiger partial charge on any atom is -0.467 e. The second-order valence-electron chi connectivity index (χ2n) is 4.62. The van der Waals surface area contributed by atoms with Gasteiger partial charge in [0, 0.05) is 0 Å². The topological polar surface area (TPSA) is 111 Å². The smallest absolute Gasteiger partial charge is 0.408 e. The van der Waals surface area contributed by atoms with Crippen LogP contribution in [0, 0.1) is 0 Å². The molecule has 2 atom stereocenters. The zero-order valence-electron chi connectivity index (χ0n) is 11.6. The molecule has 110 valence electrons. The first-order chi connectivity index (χ1) is 8.62. The number of nitrogens with one attached hydrogen (secondary N) is 1. The van der Waals surface area contributed by atoms with Crippen LogP contribution in [0.5, 0.6) is 0 Å². The van der Waals surface area contributed by atoms with Gasteiger partial charge in [0.05, 0.1) is 14.2 Å². The fourth-order valence-electron chi connectivity index (χ4n) is 1.09. The lowest BCUT2D eigenvalue weighted by Crippen LogP contribution is -2.53. The lowest BCUT2D eigenvalue weighted by atomic mass is 10.1. The van der Waals surface area contributed by atoms with Crippen molar-refractivity contribution in [3.63, 3.8) is 0 Å². The van der Waals surface area contributed by atoms with E-state index in [0.717, 1.165) is 14.2 Å². The molecule has 0 aromatic heterocycles. The van der Waals surface area contributed by atoms with Crippen molar-refractivity contribution in [2.24, 2.45) is 0 Å². The SMILES string of the molecule is COC(=O)C(O)[C@H](NC(=O)OC(C)(C)C)C(=O)OC. The van der Waals surface area contributed by atoms with Gasteiger partial charge in [0.2, 0.25) is 0 Å². The fourth-order valence-corrected chi connectivity index (χ4v) is 1.09. The van der Waals surface area contributed by atoms with Gasteiger partial charge in [-0.25, -0.2) is 14.4 Å². The van der Waals surface area contributed by atoms with Gasteiger partial charge >= 0.3 is 18.0 Å². The molecule has 8 nitrogen and oxygen atoms in total. The van der Waals surface area contributed by atoms with E-state index in [1.54, 1.807) is 20.8 Å². The minimum absolute atomic E-state index is 0.791. The van der Waals surface area contributed by atoms with Crippen LogP contribution in [0.25, 0.3) is 0 Å². The Morgan fingerprint density at radius 3 is 1.89 bits per heavy atom. The Labute approximate surface area is 111 Å². The van der Waals surface area contributed by atoms with Gasteiger partial charge in [0.1, 0.15) is 5.60 Å². The van der Waals surface area contributed by atoms with Crippen LogP contribution >= 0.6 is 0 Å². The third-order valence-electron chi connectivity index (χ3n) is 1.89. The highest BCUT2D eigenvalue weighted by Gasteiger charge is 2.36. The number of aliphatic hydroxyl groups excluding tert-OH is 1. The highest BCUT2D eigenvalue weighted by atomic mass is 16.6. The van der Waals surface area contributed by atoms with Gasteiger partial charge in [-0.15, -0.1) is 0 Å². The van der Waals surface area contributed by atoms with Crippen molar-refractivity contribution in [1.82, 2.24) is 5.32 Å². The standard InChI is InChI=1S/C11H19NO7/c1-11(2,3)19-10(16)12-6(8(14)17-4)7(13)9(15)18-5/h6-7,13H,1-5H3,(H,12,16)/t6-,7?/m0/s1. The van der Waals surface area contributed by atoms with Crippen molar-refractivity contribution >= 4 is 18.0 Å². The highest BCUT2D eigenvalue weighted by Crippen LogP contribution is 2.08. The first-order valence-electron chi connectivity index (χ1n) is 5.45. The Morgan fingerprint density at radius 1 is 1.05 bits per heavy atom. The molecule has 0 saturated heterocycles. The van der Waals surface area contributed by atoms with E-state index in [9.17, 15) is 19.5 Å². The number of ether oxygens (including phenoxy) is 3. The number of aliphatic hydroxyl groups is 1. The van der Waals surface area contributed by atoms with E-state index in [-0.39, 0.29) is 0 Å². The number of rotatable bonds is 4. The molecule has 1 unspecified atom stereocenters. The summed E-state index contributed by atoms with van der Waals surface area (Å²) in [6.45, 7) is 4.86.